The molecule has 3 unspecified atom stereocenters. The molecule has 0 aliphatic carbocycles. The molecule has 0 spiro atoms. The zero-order valence-corrected chi connectivity index (χ0v) is 16.3. The van der Waals surface area contributed by atoms with Gasteiger partial charge in [-0.3, -0.25) is 19.2 Å². The maximum absolute atomic E-state index is 12.3. The van der Waals surface area contributed by atoms with Gasteiger partial charge < -0.3 is 31.5 Å². The van der Waals surface area contributed by atoms with Gasteiger partial charge in [0.1, 0.15) is 12.1 Å². The fourth-order valence-electron chi connectivity index (χ4n) is 2.59. The predicted octanol–water partition coefficient (Wildman–Crippen LogP) is -1.86. The molecule has 12 heteroatoms. The smallest absolute Gasteiger partial charge is 0.326 e. The molecule has 3 atom stereocenters. The highest BCUT2D eigenvalue weighted by atomic mass is 32.2. The molecule has 1 fully saturated rings. The molecule has 0 bridgehead atoms. The van der Waals surface area contributed by atoms with Crippen LogP contribution in [0.5, 0.6) is 0 Å². The van der Waals surface area contributed by atoms with E-state index in [2.05, 4.69) is 21.3 Å². The monoisotopic (exact) mass is 418 g/mol. The zero-order chi connectivity index (χ0) is 21.1. The molecule has 28 heavy (non-hydrogen) atoms. The van der Waals surface area contributed by atoms with Gasteiger partial charge in [-0.15, -0.1) is 0 Å². The van der Waals surface area contributed by atoms with Crippen LogP contribution in [0.2, 0.25) is 0 Å². The van der Waals surface area contributed by atoms with Gasteiger partial charge in [0.15, 0.2) is 0 Å². The second-order valence-electron chi connectivity index (χ2n) is 6.27. The second kappa shape index (κ2) is 12.2. The molecular formula is C16H26N4O7S. The number of amides is 3. The summed E-state index contributed by atoms with van der Waals surface area (Å²) in [7, 11) is 0. The van der Waals surface area contributed by atoms with Gasteiger partial charge in [-0.05, 0) is 37.8 Å². The summed E-state index contributed by atoms with van der Waals surface area (Å²) in [5, 5.41) is 28.0. The number of hydrogen-bond acceptors (Lipinski definition) is 7. The van der Waals surface area contributed by atoms with E-state index in [1.807, 2.05) is 0 Å². The van der Waals surface area contributed by atoms with Crippen LogP contribution in [0.4, 0.5) is 0 Å². The summed E-state index contributed by atoms with van der Waals surface area (Å²) < 4.78 is 0. The number of rotatable bonds is 12. The summed E-state index contributed by atoms with van der Waals surface area (Å²) in [4.78, 5) is 58.4. The first kappa shape index (κ1) is 23.7. The van der Waals surface area contributed by atoms with Gasteiger partial charge in [0.25, 0.3) is 0 Å². The largest absolute Gasteiger partial charge is 0.481 e. The Morgan fingerprint density at radius 3 is 2.39 bits per heavy atom. The highest BCUT2D eigenvalue weighted by Crippen LogP contribution is 2.05. The van der Waals surface area contributed by atoms with Crippen LogP contribution in [0.3, 0.4) is 0 Å². The standard InChI is InChI=1S/C16H26N4O7S/c1-28-6-4-10(16(26)27)20-15(25)11(7-13(22)23)19-12(21)8-18-14(24)9-3-2-5-17-9/h9-11,17H,2-8H2,1H3,(H,18,24)(H,19,21)(H,20,25)(H,22,23)(H,26,27). The van der Waals surface area contributed by atoms with E-state index in [0.29, 0.717) is 18.7 Å². The molecule has 1 aliphatic heterocycles. The lowest BCUT2D eigenvalue weighted by Crippen LogP contribution is -2.54. The van der Waals surface area contributed by atoms with Crippen LogP contribution in [0.15, 0.2) is 0 Å². The molecule has 1 rings (SSSR count). The third-order valence-corrected chi connectivity index (χ3v) is 4.70. The number of hydrogen-bond donors (Lipinski definition) is 6. The van der Waals surface area contributed by atoms with Crippen LogP contribution < -0.4 is 21.3 Å². The van der Waals surface area contributed by atoms with Crippen LogP contribution in [-0.2, 0) is 24.0 Å². The molecule has 0 aromatic heterocycles. The summed E-state index contributed by atoms with van der Waals surface area (Å²) in [6.45, 7) is 0.293. The molecule has 158 valence electrons. The first-order valence-corrected chi connectivity index (χ1v) is 10.2. The highest BCUT2D eigenvalue weighted by molar-refractivity contribution is 7.98. The summed E-state index contributed by atoms with van der Waals surface area (Å²) in [6, 6.07) is -3.03. The molecule has 1 heterocycles. The zero-order valence-electron chi connectivity index (χ0n) is 15.5. The van der Waals surface area contributed by atoms with Gasteiger partial charge in [-0.1, -0.05) is 0 Å². The van der Waals surface area contributed by atoms with E-state index in [0.717, 1.165) is 6.42 Å². The summed E-state index contributed by atoms with van der Waals surface area (Å²) in [5.74, 6) is -4.12. The van der Waals surface area contributed by atoms with E-state index in [-0.39, 0.29) is 18.4 Å². The van der Waals surface area contributed by atoms with Crippen LogP contribution in [0, 0.1) is 0 Å². The Hall–Kier alpha value is -2.34. The molecule has 11 nitrogen and oxygen atoms in total. The number of carboxylic acids is 2. The lowest BCUT2D eigenvalue weighted by Gasteiger charge is -2.20. The molecule has 0 saturated carbocycles. The van der Waals surface area contributed by atoms with Crippen LogP contribution in [0.25, 0.3) is 0 Å². The number of carbonyl (C=O) groups excluding carboxylic acids is 3. The van der Waals surface area contributed by atoms with Crippen LogP contribution in [-0.4, -0.2) is 83.1 Å². The minimum atomic E-state index is -1.46. The third-order valence-electron chi connectivity index (χ3n) is 4.06. The molecule has 1 saturated heterocycles. The van der Waals surface area contributed by atoms with E-state index in [1.54, 1.807) is 6.26 Å². The average molecular weight is 418 g/mol. The maximum Gasteiger partial charge on any atom is 0.326 e. The molecule has 3 amide bonds. The Morgan fingerprint density at radius 2 is 1.86 bits per heavy atom. The molecular weight excluding hydrogens is 392 g/mol. The predicted molar refractivity (Wildman–Crippen MR) is 101 cm³/mol. The van der Waals surface area contributed by atoms with Crippen molar-refractivity contribution in [1.29, 1.82) is 0 Å². The maximum atomic E-state index is 12.3. The van der Waals surface area contributed by atoms with Gasteiger partial charge in [0, 0.05) is 0 Å². The Labute approximate surface area is 166 Å². The van der Waals surface area contributed by atoms with Crippen molar-refractivity contribution in [1.82, 2.24) is 21.3 Å². The lowest BCUT2D eigenvalue weighted by molar-refractivity contribution is -0.143. The Balaban J connectivity index is 2.60. The van der Waals surface area contributed by atoms with Crippen molar-refractivity contribution in [2.75, 3.05) is 25.1 Å². The highest BCUT2D eigenvalue weighted by Gasteiger charge is 2.28. The molecule has 1 aliphatic rings. The van der Waals surface area contributed by atoms with Gasteiger partial charge in [-0.2, -0.15) is 11.8 Å². The number of thioether (sulfide) groups is 1. The first-order chi connectivity index (χ1) is 13.2. The molecule has 6 N–H and O–H groups in total. The third kappa shape index (κ3) is 8.57. The van der Waals surface area contributed by atoms with Crippen molar-refractivity contribution in [3.8, 4) is 0 Å². The minimum Gasteiger partial charge on any atom is -0.481 e. The number of nitrogens with one attached hydrogen (secondary N) is 4. The fraction of sp³-hybridized carbons (Fsp3) is 0.688. The first-order valence-electron chi connectivity index (χ1n) is 8.79. The second-order valence-corrected chi connectivity index (χ2v) is 7.25. The van der Waals surface area contributed by atoms with Gasteiger partial charge in [0.2, 0.25) is 17.7 Å². The molecule has 0 aromatic carbocycles. The number of carbonyl (C=O) groups is 5. The summed E-state index contributed by atoms with van der Waals surface area (Å²) in [5.41, 5.74) is 0. The van der Waals surface area contributed by atoms with Crippen molar-refractivity contribution < 1.29 is 34.2 Å². The number of carboxylic acid groups (broad SMARTS) is 2. The van der Waals surface area contributed by atoms with E-state index < -0.39 is 48.8 Å². The van der Waals surface area contributed by atoms with Crippen LogP contribution >= 0.6 is 11.8 Å². The van der Waals surface area contributed by atoms with Gasteiger partial charge in [0.05, 0.1) is 19.0 Å². The quantitative estimate of drug-likeness (QED) is 0.212. The minimum absolute atomic E-state index is 0.153. The topological polar surface area (TPSA) is 174 Å². The van der Waals surface area contributed by atoms with E-state index in [9.17, 15) is 24.0 Å². The van der Waals surface area contributed by atoms with Crippen molar-refractivity contribution in [3.05, 3.63) is 0 Å². The SMILES string of the molecule is CSCCC(NC(=O)C(CC(=O)O)NC(=O)CNC(=O)C1CCCN1)C(=O)O. The summed E-state index contributed by atoms with van der Waals surface area (Å²) in [6.07, 6.45) is 2.73. The Morgan fingerprint density at radius 1 is 1.14 bits per heavy atom. The molecule has 0 aromatic rings. The Kier molecular flexibility index (Phi) is 10.3. The van der Waals surface area contributed by atoms with Gasteiger partial charge >= 0.3 is 11.9 Å². The normalized spacial score (nSPS) is 18.0. The van der Waals surface area contributed by atoms with Crippen molar-refractivity contribution in [3.63, 3.8) is 0 Å². The van der Waals surface area contributed by atoms with E-state index in [1.165, 1.54) is 11.8 Å². The Bertz CT molecular complexity index is 596. The summed E-state index contributed by atoms with van der Waals surface area (Å²) >= 11 is 1.40. The molecule has 0 radical (unpaired) electrons. The van der Waals surface area contributed by atoms with Crippen LogP contribution in [0.1, 0.15) is 25.7 Å². The number of aliphatic carboxylic acids is 2. The fourth-order valence-corrected chi connectivity index (χ4v) is 3.06. The van der Waals surface area contributed by atoms with Crippen molar-refractivity contribution >= 4 is 41.4 Å². The lowest BCUT2D eigenvalue weighted by atomic mass is 10.1. The van der Waals surface area contributed by atoms with Crippen molar-refractivity contribution in [2.45, 2.75) is 43.8 Å². The van der Waals surface area contributed by atoms with Gasteiger partial charge in [-0.25, -0.2) is 4.79 Å². The average Bonchev–Trinajstić information content (AvgIpc) is 3.16. The van der Waals surface area contributed by atoms with E-state index in [4.69, 9.17) is 10.2 Å². The van der Waals surface area contributed by atoms with E-state index >= 15 is 0 Å². The van der Waals surface area contributed by atoms with Crippen molar-refractivity contribution in [2.24, 2.45) is 0 Å².